The van der Waals surface area contributed by atoms with Crippen molar-refractivity contribution >= 4 is 17.7 Å². The molecule has 1 heterocycles. The van der Waals surface area contributed by atoms with Crippen molar-refractivity contribution in [2.45, 2.75) is 30.4 Å². The van der Waals surface area contributed by atoms with E-state index >= 15 is 0 Å². The highest BCUT2D eigenvalue weighted by Crippen LogP contribution is 2.35. The molecule has 0 saturated heterocycles. The van der Waals surface area contributed by atoms with Crippen LogP contribution in [0, 0.1) is 0 Å². The maximum atomic E-state index is 12.4. The summed E-state index contributed by atoms with van der Waals surface area (Å²) in [6.07, 6.45) is 0.440. The number of benzene rings is 2. The van der Waals surface area contributed by atoms with Gasteiger partial charge in [0.15, 0.2) is 6.10 Å². The zero-order valence-corrected chi connectivity index (χ0v) is 13.3. The number of carbonyl (C=O) groups is 1. The van der Waals surface area contributed by atoms with Crippen LogP contribution in [0.1, 0.15) is 24.9 Å². The van der Waals surface area contributed by atoms with Gasteiger partial charge in [-0.2, -0.15) is 0 Å². The lowest BCUT2D eigenvalue weighted by Crippen LogP contribution is -2.39. The van der Waals surface area contributed by atoms with E-state index in [4.69, 9.17) is 4.74 Å². The van der Waals surface area contributed by atoms with Crippen LogP contribution >= 0.6 is 11.8 Å². The summed E-state index contributed by atoms with van der Waals surface area (Å²) >= 11 is 1.85. The molecule has 0 radical (unpaired) electrons. The largest absolute Gasteiger partial charge is 0.481 e. The Hall–Kier alpha value is -1.94. The Morgan fingerprint density at radius 2 is 1.91 bits per heavy atom. The molecule has 2 aromatic carbocycles. The molecular weight excluding hydrogens is 294 g/mol. The molecule has 4 heteroatoms. The van der Waals surface area contributed by atoms with Crippen molar-refractivity contribution < 1.29 is 9.53 Å². The van der Waals surface area contributed by atoms with Gasteiger partial charge in [-0.3, -0.25) is 4.79 Å². The van der Waals surface area contributed by atoms with Crippen molar-refractivity contribution in [2.24, 2.45) is 0 Å². The first-order valence-corrected chi connectivity index (χ1v) is 8.46. The van der Waals surface area contributed by atoms with E-state index in [1.807, 2.05) is 54.2 Å². The molecule has 0 aliphatic carbocycles. The molecule has 3 nitrogen and oxygen atoms in total. The maximum Gasteiger partial charge on any atom is 0.261 e. The van der Waals surface area contributed by atoms with Crippen LogP contribution < -0.4 is 10.1 Å². The smallest absolute Gasteiger partial charge is 0.261 e. The number of rotatable bonds is 4. The standard InChI is InChI=1S/C18H19NO2S/c1-13(21-14-7-3-2-4-8-14)18(20)19-16-11-12-22-17-10-6-5-9-15(16)17/h2-10,13,16H,11-12H2,1H3,(H,19,20)/t13-,16-/m1/s1. The van der Waals surface area contributed by atoms with Crippen LogP contribution in [0.2, 0.25) is 0 Å². The average Bonchev–Trinajstić information content (AvgIpc) is 2.56. The number of carbonyl (C=O) groups excluding carboxylic acids is 1. The minimum Gasteiger partial charge on any atom is -0.481 e. The first-order valence-electron chi connectivity index (χ1n) is 7.48. The molecule has 0 saturated carbocycles. The fourth-order valence-electron chi connectivity index (χ4n) is 2.54. The normalized spacial score (nSPS) is 18.1. The molecule has 3 rings (SSSR count). The lowest BCUT2D eigenvalue weighted by atomic mass is 10.0. The third-order valence-electron chi connectivity index (χ3n) is 3.70. The van der Waals surface area contributed by atoms with Crippen molar-refractivity contribution in [3.63, 3.8) is 0 Å². The minimum atomic E-state index is -0.510. The average molecular weight is 313 g/mol. The molecule has 1 amide bonds. The Morgan fingerprint density at radius 1 is 1.18 bits per heavy atom. The summed E-state index contributed by atoms with van der Waals surface area (Å²) in [7, 11) is 0. The van der Waals surface area contributed by atoms with E-state index in [0.29, 0.717) is 5.75 Å². The van der Waals surface area contributed by atoms with Crippen LogP contribution in [0.4, 0.5) is 0 Å². The molecule has 0 spiro atoms. The van der Waals surface area contributed by atoms with Gasteiger partial charge in [-0.15, -0.1) is 11.8 Å². The summed E-state index contributed by atoms with van der Waals surface area (Å²) in [6, 6.07) is 17.8. The molecule has 2 atom stereocenters. The van der Waals surface area contributed by atoms with E-state index in [9.17, 15) is 4.79 Å². The second kappa shape index (κ2) is 6.88. The van der Waals surface area contributed by atoms with Gasteiger partial charge in [-0.25, -0.2) is 0 Å². The van der Waals surface area contributed by atoms with Crippen LogP contribution in [-0.2, 0) is 4.79 Å². The Labute approximate surface area is 135 Å². The van der Waals surface area contributed by atoms with Crippen molar-refractivity contribution in [1.82, 2.24) is 5.32 Å². The van der Waals surface area contributed by atoms with Gasteiger partial charge >= 0.3 is 0 Å². The molecule has 1 N–H and O–H groups in total. The van der Waals surface area contributed by atoms with Gasteiger partial charge in [0, 0.05) is 10.6 Å². The third kappa shape index (κ3) is 3.45. The summed E-state index contributed by atoms with van der Waals surface area (Å²) in [5.74, 6) is 1.66. The molecular formula is C18H19NO2S. The number of fused-ring (bicyclic) bond motifs is 1. The number of thioether (sulfide) groups is 1. The predicted molar refractivity (Wildman–Crippen MR) is 89.2 cm³/mol. The molecule has 0 bridgehead atoms. The monoisotopic (exact) mass is 313 g/mol. The molecule has 2 aromatic rings. The quantitative estimate of drug-likeness (QED) is 0.933. The van der Waals surface area contributed by atoms with Gasteiger partial charge in [0.05, 0.1) is 6.04 Å². The predicted octanol–water partition coefficient (Wildman–Crippen LogP) is 3.81. The maximum absolute atomic E-state index is 12.4. The SMILES string of the molecule is C[C@@H](Oc1ccccc1)C(=O)N[C@@H]1CCSc2ccccc21. The minimum absolute atomic E-state index is 0.0736. The Balaban J connectivity index is 1.65. The summed E-state index contributed by atoms with van der Waals surface area (Å²) in [5.41, 5.74) is 1.21. The van der Waals surface area contributed by atoms with E-state index in [1.165, 1.54) is 10.5 Å². The summed E-state index contributed by atoms with van der Waals surface area (Å²) < 4.78 is 5.69. The molecule has 22 heavy (non-hydrogen) atoms. The third-order valence-corrected chi connectivity index (χ3v) is 4.82. The Morgan fingerprint density at radius 3 is 2.73 bits per heavy atom. The van der Waals surface area contributed by atoms with E-state index < -0.39 is 6.10 Å². The van der Waals surface area contributed by atoms with Crippen molar-refractivity contribution in [2.75, 3.05) is 5.75 Å². The molecule has 1 aliphatic rings. The van der Waals surface area contributed by atoms with Crippen molar-refractivity contribution in [3.05, 3.63) is 60.2 Å². The first kappa shape index (κ1) is 15.0. The highest BCUT2D eigenvalue weighted by atomic mass is 32.2. The van der Waals surface area contributed by atoms with Gasteiger partial charge in [0.2, 0.25) is 0 Å². The van der Waals surface area contributed by atoms with E-state index in [0.717, 1.165) is 12.2 Å². The van der Waals surface area contributed by atoms with Gasteiger partial charge in [-0.1, -0.05) is 36.4 Å². The van der Waals surface area contributed by atoms with Crippen molar-refractivity contribution in [1.29, 1.82) is 0 Å². The van der Waals surface area contributed by atoms with E-state index in [2.05, 4.69) is 17.4 Å². The van der Waals surface area contributed by atoms with Crippen LogP contribution in [0.25, 0.3) is 0 Å². The summed E-state index contributed by atoms with van der Waals surface area (Å²) in [4.78, 5) is 13.6. The molecule has 0 fully saturated rings. The number of hydrogen-bond donors (Lipinski definition) is 1. The summed E-state index contributed by atoms with van der Waals surface area (Å²) in [6.45, 7) is 1.78. The fourth-order valence-corrected chi connectivity index (χ4v) is 3.66. The Bertz CT molecular complexity index is 645. The molecule has 0 unspecified atom stereocenters. The zero-order valence-electron chi connectivity index (χ0n) is 12.5. The van der Waals surface area contributed by atoms with Gasteiger partial charge in [0.1, 0.15) is 5.75 Å². The highest BCUT2D eigenvalue weighted by molar-refractivity contribution is 7.99. The lowest BCUT2D eigenvalue weighted by Gasteiger charge is -2.27. The zero-order chi connectivity index (χ0) is 15.4. The van der Waals surface area contributed by atoms with Crippen LogP contribution in [-0.4, -0.2) is 17.8 Å². The number of ether oxygens (including phenoxy) is 1. The summed E-state index contributed by atoms with van der Waals surface area (Å²) in [5, 5.41) is 3.12. The number of hydrogen-bond acceptors (Lipinski definition) is 3. The lowest BCUT2D eigenvalue weighted by molar-refractivity contribution is -0.128. The Kier molecular flexibility index (Phi) is 4.68. The van der Waals surface area contributed by atoms with Crippen LogP contribution in [0.15, 0.2) is 59.5 Å². The second-order valence-electron chi connectivity index (χ2n) is 5.31. The van der Waals surface area contributed by atoms with E-state index in [-0.39, 0.29) is 11.9 Å². The molecule has 0 aromatic heterocycles. The van der Waals surface area contributed by atoms with Crippen LogP contribution in [0.3, 0.4) is 0 Å². The van der Waals surface area contributed by atoms with Crippen LogP contribution in [0.5, 0.6) is 5.75 Å². The second-order valence-corrected chi connectivity index (χ2v) is 6.45. The topological polar surface area (TPSA) is 38.3 Å². The fraction of sp³-hybridized carbons (Fsp3) is 0.278. The highest BCUT2D eigenvalue weighted by Gasteiger charge is 2.24. The van der Waals surface area contributed by atoms with Gasteiger partial charge in [-0.05, 0) is 37.1 Å². The van der Waals surface area contributed by atoms with Gasteiger partial charge in [0.25, 0.3) is 5.91 Å². The van der Waals surface area contributed by atoms with Gasteiger partial charge < -0.3 is 10.1 Å². The molecule has 114 valence electrons. The number of para-hydroxylation sites is 1. The van der Waals surface area contributed by atoms with E-state index in [1.54, 1.807) is 6.92 Å². The molecule has 1 aliphatic heterocycles. The first-order chi connectivity index (χ1) is 10.7. The number of nitrogens with one attached hydrogen (secondary N) is 1. The number of amides is 1. The van der Waals surface area contributed by atoms with Crippen molar-refractivity contribution in [3.8, 4) is 5.75 Å².